The zero-order valence-corrected chi connectivity index (χ0v) is 16.7. The van der Waals surface area contributed by atoms with Crippen molar-refractivity contribution in [1.82, 2.24) is 14.8 Å². The number of aliphatic hydroxyl groups excluding tert-OH is 1. The first-order valence-corrected chi connectivity index (χ1v) is 9.71. The van der Waals surface area contributed by atoms with Crippen LogP contribution in [0.25, 0.3) is 22.3 Å². The summed E-state index contributed by atoms with van der Waals surface area (Å²) in [5, 5.41) is 24.1. The number of nitrogen functional groups attached to an aromatic ring is 1. The Balaban J connectivity index is 1.71. The summed E-state index contributed by atoms with van der Waals surface area (Å²) in [6, 6.07) is 10.2. The summed E-state index contributed by atoms with van der Waals surface area (Å²) in [6.45, 7) is 0.932. The van der Waals surface area contributed by atoms with Gasteiger partial charge in [0.25, 0.3) is 0 Å². The molecule has 3 N–H and O–H groups in total. The van der Waals surface area contributed by atoms with E-state index in [2.05, 4.69) is 16.2 Å². The van der Waals surface area contributed by atoms with Crippen molar-refractivity contribution >= 4 is 23.1 Å². The van der Waals surface area contributed by atoms with Gasteiger partial charge < -0.3 is 15.7 Å². The van der Waals surface area contributed by atoms with Gasteiger partial charge in [-0.2, -0.15) is 10.4 Å². The molecule has 2 atom stereocenters. The standard InChI is InChI=1S/C21H21ClN6O/c1-27-11-16(9-26-27)13-2-4-14(5-3-13)17-10-25-21(24)19(22)20(17)28-7-6-15(8-23)18(29)12-28/h2-5,9-11,15,18,29H,6-7,12H2,1H3,(H2,24,25)/t15-,18+/m1/s1. The maximum atomic E-state index is 10.3. The number of aryl methyl sites for hydroxylation is 1. The van der Waals surface area contributed by atoms with Gasteiger partial charge in [-0.1, -0.05) is 35.9 Å². The van der Waals surface area contributed by atoms with Crippen molar-refractivity contribution in [2.75, 3.05) is 23.7 Å². The summed E-state index contributed by atoms with van der Waals surface area (Å²) in [5.74, 6) is -0.124. The quantitative estimate of drug-likeness (QED) is 0.690. The van der Waals surface area contributed by atoms with Crippen molar-refractivity contribution in [3.8, 4) is 28.3 Å². The Bertz CT molecular complexity index is 1070. The Hall–Kier alpha value is -3.08. The van der Waals surface area contributed by atoms with Crippen LogP contribution in [0.2, 0.25) is 5.02 Å². The zero-order valence-electron chi connectivity index (χ0n) is 16.0. The van der Waals surface area contributed by atoms with Crippen LogP contribution in [0.1, 0.15) is 6.42 Å². The largest absolute Gasteiger partial charge is 0.390 e. The molecule has 2 aromatic heterocycles. The van der Waals surface area contributed by atoms with Crippen LogP contribution in [0.3, 0.4) is 0 Å². The van der Waals surface area contributed by atoms with E-state index in [0.717, 1.165) is 27.9 Å². The SMILES string of the molecule is Cn1cc(-c2ccc(-c3cnc(N)c(Cl)c3N3CC[C@H](C#N)[C@@H](O)C3)cc2)cn1. The van der Waals surface area contributed by atoms with Gasteiger partial charge in [-0.15, -0.1) is 0 Å². The highest BCUT2D eigenvalue weighted by Crippen LogP contribution is 2.41. The highest BCUT2D eigenvalue weighted by Gasteiger charge is 2.30. The van der Waals surface area contributed by atoms with Crippen molar-refractivity contribution in [2.45, 2.75) is 12.5 Å². The van der Waals surface area contributed by atoms with E-state index in [1.807, 2.05) is 48.6 Å². The Kier molecular flexibility index (Phi) is 5.14. The molecule has 0 spiro atoms. The van der Waals surface area contributed by atoms with Crippen molar-refractivity contribution in [2.24, 2.45) is 13.0 Å². The molecule has 0 amide bonds. The summed E-state index contributed by atoms with van der Waals surface area (Å²) < 4.78 is 1.77. The number of benzene rings is 1. The zero-order chi connectivity index (χ0) is 20.5. The lowest BCUT2D eigenvalue weighted by atomic mass is 9.94. The molecule has 0 bridgehead atoms. The lowest BCUT2D eigenvalue weighted by Crippen LogP contribution is -2.43. The first-order valence-electron chi connectivity index (χ1n) is 9.34. The summed E-state index contributed by atoms with van der Waals surface area (Å²) >= 11 is 6.54. The van der Waals surface area contributed by atoms with Gasteiger partial charge in [-0.25, -0.2) is 4.98 Å². The number of aromatic nitrogens is 3. The molecule has 148 valence electrons. The molecule has 3 aromatic rings. The molecule has 1 saturated heterocycles. The second-order valence-corrected chi connectivity index (χ2v) is 7.62. The van der Waals surface area contributed by atoms with Crippen molar-refractivity contribution in [1.29, 1.82) is 5.26 Å². The minimum absolute atomic E-state index is 0.245. The number of nitrogens with two attached hydrogens (primary N) is 1. The van der Waals surface area contributed by atoms with E-state index >= 15 is 0 Å². The van der Waals surface area contributed by atoms with Gasteiger partial charge in [0.2, 0.25) is 0 Å². The van der Waals surface area contributed by atoms with Crippen LogP contribution in [0.5, 0.6) is 0 Å². The number of hydrogen-bond acceptors (Lipinski definition) is 6. The Morgan fingerprint density at radius 3 is 2.55 bits per heavy atom. The lowest BCUT2D eigenvalue weighted by Gasteiger charge is -2.36. The molecule has 0 aliphatic carbocycles. The third-order valence-electron chi connectivity index (χ3n) is 5.32. The van der Waals surface area contributed by atoms with Crippen LogP contribution in [-0.4, -0.2) is 39.1 Å². The first kappa shape index (κ1) is 19.2. The van der Waals surface area contributed by atoms with Crippen LogP contribution >= 0.6 is 11.6 Å². The van der Waals surface area contributed by atoms with Crippen LogP contribution in [0.4, 0.5) is 11.5 Å². The average Bonchev–Trinajstić information content (AvgIpc) is 3.16. The molecule has 3 heterocycles. The van der Waals surface area contributed by atoms with Crippen molar-refractivity contribution in [3.05, 3.63) is 47.9 Å². The van der Waals surface area contributed by atoms with E-state index in [9.17, 15) is 10.4 Å². The number of halogens is 1. The maximum absolute atomic E-state index is 10.3. The number of nitriles is 1. The summed E-state index contributed by atoms with van der Waals surface area (Å²) in [5.41, 5.74) is 10.6. The van der Waals surface area contributed by atoms with Gasteiger partial charge >= 0.3 is 0 Å². The Labute approximate surface area is 174 Å². The molecule has 7 nitrogen and oxygen atoms in total. The third kappa shape index (κ3) is 3.65. The number of piperidine rings is 1. The highest BCUT2D eigenvalue weighted by molar-refractivity contribution is 6.36. The van der Waals surface area contributed by atoms with Gasteiger partial charge in [0.1, 0.15) is 10.8 Å². The molecule has 8 heteroatoms. The van der Waals surface area contributed by atoms with E-state index in [4.69, 9.17) is 17.3 Å². The van der Waals surface area contributed by atoms with Crippen LogP contribution < -0.4 is 10.6 Å². The minimum Gasteiger partial charge on any atom is -0.390 e. The van der Waals surface area contributed by atoms with Crippen LogP contribution in [-0.2, 0) is 7.05 Å². The predicted molar refractivity (Wildman–Crippen MR) is 113 cm³/mol. The Morgan fingerprint density at radius 2 is 1.93 bits per heavy atom. The second-order valence-electron chi connectivity index (χ2n) is 7.24. The van der Waals surface area contributed by atoms with Gasteiger partial charge in [0.05, 0.1) is 30.0 Å². The highest BCUT2D eigenvalue weighted by atomic mass is 35.5. The number of rotatable bonds is 3. The molecule has 1 aliphatic heterocycles. The predicted octanol–water partition coefficient (Wildman–Crippen LogP) is 3.10. The molecular formula is C21H21ClN6O. The fourth-order valence-corrected chi connectivity index (χ4v) is 3.98. The topological polar surface area (TPSA) is 104 Å². The van der Waals surface area contributed by atoms with E-state index in [1.165, 1.54) is 0 Å². The van der Waals surface area contributed by atoms with E-state index in [0.29, 0.717) is 24.5 Å². The van der Waals surface area contributed by atoms with Crippen LogP contribution in [0.15, 0.2) is 42.9 Å². The molecule has 0 saturated carbocycles. The second kappa shape index (κ2) is 7.74. The number of aliphatic hydroxyl groups is 1. The average molecular weight is 409 g/mol. The van der Waals surface area contributed by atoms with Gasteiger partial charge in [0, 0.05) is 43.7 Å². The monoisotopic (exact) mass is 408 g/mol. The molecule has 0 radical (unpaired) electrons. The number of β-amino-alcohol motifs (C(OH)–C–C–N with tert-alkyl or cyclic N) is 1. The molecule has 29 heavy (non-hydrogen) atoms. The fraction of sp³-hybridized carbons (Fsp3) is 0.286. The molecule has 1 fully saturated rings. The van der Waals surface area contributed by atoms with Gasteiger partial charge in [-0.05, 0) is 17.5 Å². The van der Waals surface area contributed by atoms with E-state index < -0.39 is 6.10 Å². The normalized spacial score (nSPS) is 19.2. The number of nitrogens with zero attached hydrogens (tertiary/aromatic N) is 5. The summed E-state index contributed by atoms with van der Waals surface area (Å²) in [6.07, 6.45) is 5.32. The molecule has 4 rings (SSSR count). The van der Waals surface area contributed by atoms with Crippen molar-refractivity contribution in [3.63, 3.8) is 0 Å². The number of anilines is 2. The molecular weight excluding hydrogens is 388 g/mol. The van der Waals surface area contributed by atoms with Crippen LogP contribution in [0, 0.1) is 17.2 Å². The smallest absolute Gasteiger partial charge is 0.144 e. The van der Waals surface area contributed by atoms with Crippen molar-refractivity contribution < 1.29 is 5.11 Å². The molecule has 0 unspecified atom stereocenters. The molecule has 1 aromatic carbocycles. The summed E-state index contributed by atoms with van der Waals surface area (Å²) in [4.78, 5) is 6.22. The van der Waals surface area contributed by atoms with Gasteiger partial charge in [-0.3, -0.25) is 4.68 Å². The van der Waals surface area contributed by atoms with Gasteiger partial charge in [0.15, 0.2) is 0 Å². The number of pyridine rings is 1. The first-order chi connectivity index (χ1) is 14.0. The fourth-order valence-electron chi connectivity index (χ4n) is 3.71. The number of hydrogen-bond donors (Lipinski definition) is 2. The lowest BCUT2D eigenvalue weighted by molar-refractivity contribution is 0.120. The van der Waals surface area contributed by atoms with E-state index in [-0.39, 0.29) is 11.7 Å². The van der Waals surface area contributed by atoms with E-state index in [1.54, 1.807) is 10.9 Å². The minimum atomic E-state index is -0.736. The summed E-state index contributed by atoms with van der Waals surface area (Å²) in [7, 11) is 1.89. The third-order valence-corrected chi connectivity index (χ3v) is 5.69. The Morgan fingerprint density at radius 1 is 1.21 bits per heavy atom. The maximum Gasteiger partial charge on any atom is 0.144 e. The molecule has 1 aliphatic rings.